The van der Waals surface area contributed by atoms with Crippen LogP contribution < -0.4 is 5.32 Å². The van der Waals surface area contributed by atoms with Gasteiger partial charge >= 0.3 is 0 Å². The second-order valence-electron chi connectivity index (χ2n) is 3.79. The number of halogens is 2. The van der Waals surface area contributed by atoms with Crippen LogP contribution in [-0.4, -0.2) is 12.3 Å². The number of carbonyl (C=O) groups is 1. The van der Waals surface area contributed by atoms with Gasteiger partial charge in [-0.05, 0) is 30.3 Å². The third-order valence-corrected chi connectivity index (χ3v) is 3.47. The molecule has 0 saturated heterocycles. The molecule has 4 heteroatoms. The SMILES string of the molecule is O=C(CNc1cccc(Br)c1)c1ccc(Br)cc1. The molecule has 2 aromatic carbocycles. The summed E-state index contributed by atoms with van der Waals surface area (Å²) >= 11 is 6.74. The second-order valence-corrected chi connectivity index (χ2v) is 5.63. The Labute approximate surface area is 123 Å². The lowest BCUT2D eigenvalue weighted by Crippen LogP contribution is -2.13. The number of hydrogen-bond acceptors (Lipinski definition) is 2. The van der Waals surface area contributed by atoms with E-state index in [1.54, 1.807) is 0 Å². The van der Waals surface area contributed by atoms with Crippen molar-refractivity contribution in [3.8, 4) is 0 Å². The minimum atomic E-state index is 0.0717. The molecule has 0 amide bonds. The van der Waals surface area contributed by atoms with E-state index in [1.807, 2.05) is 48.5 Å². The van der Waals surface area contributed by atoms with E-state index in [0.29, 0.717) is 5.56 Å². The van der Waals surface area contributed by atoms with Crippen LogP contribution in [0.1, 0.15) is 10.4 Å². The number of rotatable bonds is 4. The Kier molecular flexibility index (Phi) is 4.55. The molecule has 0 spiro atoms. The Balaban J connectivity index is 1.98. The highest BCUT2D eigenvalue weighted by molar-refractivity contribution is 9.10. The van der Waals surface area contributed by atoms with Crippen molar-refractivity contribution in [2.75, 3.05) is 11.9 Å². The van der Waals surface area contributed by atoms with Crippen molar-refractivity contribution in [2.45, 2.75) is 0 Å². The molecule has 0 radical (unpaired) electrons. The van der Waals surface area contributed by atoms with Gasteiger partial charge in [0.1, 0.15) is 0 Å². The number of hydrogen-bond donors (Lipinski definition) is 1. The predicted molar refractivity (Wildman–Crippen MR) is 81.1 cm³/mol. The van der Waals surface area contributed by atoms with Crippen molar-refractivity contribution in [1.29, 1.82) is 0 Å². The van der Waals surface area contributed by atoms with Crippen LogP contribution in [-0.2, 0) is 0 Å². The smallest absolute Gasteiger partial charge is 0.181 e. The van der Waals surface area contributed by atoms with Gasteiger partial charge in [-0.3, -0.25) is 4.79 Å². The summed E-state index contributed by atoms with van der Waals surface area (Å²) in [4.78, 5) is 11.9. The summed E-state index contributed by atoms with van der Waals surface area (Å²) in [6.45, 7) is 0.290. The van der Waals surface area contributed by atoms with Gasteiger partial charge in [-0.1, -0.05) is 50.1 Å². The second kappa shape index (κ2) is 6.16. The first-order valence-electron chi connectivity index (χ1n) is 5.43. The lowest BCUT2D eigenvalue weighted by Gasteiger charge is -2.06. The zero-order chi connectivity index (χ0) is 13.0. The Bertz CT molecular complexity index is 552. The van der Waals surface area contributed by atoms with E-state index >= 15 is 0 Å². The average Bonchev–Trinajstić information content (AvgIpc) is 2.37. The molecule has 0 saturated carbocycles. The largest absolute Gasteiger partial charge is 0.378 e. The van der Waals surface area contributed by atoms with Gasteiger partial charge in [-0.15, -0.1) is 0 Å². The first kappa shape index (κ1) is 13.3. The van der Waals surface area contributed by atoms with Crippen LogP contribution in [0.4, 0.5) is 5.69 Å². The molecule has 0 heterocycles. The van der Waals surface area contributed by atoms with E-state index in [-0.39, 0.29) is 12.3 Å². The molecule has 1 N–H and O–H groups in total. The Morgan fingerprint density at radius 2 is 1.72 bits per heavy atom. The molecule has 92 valence electrons. The van der Waals surface area contributed by atoms with Crippen molar-refractivity contribution in [3.63, 3.8) is 0 Å². The predicted octanol–water partition coefficient (Wildman–Crippen LogP) is 4.51. The monoisotopic (exact) mass is 367 g/mol. The fraction of sp³-hybridized carbons (Fsp3) is 0.0714. The first-order chi connectivity index (χ1) is 8.65. The van der Waals surface area contributed by atoms with Crippen LogP contribution >= 0.6 is 31.9 Å². The van der Waals surface area contributed by atoms with Gasteiger partial charge in [0.2, 0.25) is 0 Å². The standard InChI is InChI=1S/C14H11Br2NO/c15-11-6-4-10(5-7-11)14(18)9-17-13-3-1-2-12(16)8-13/h1-8,17H,9H2. The van der Waals surface area contributed by atoms with Gasteiger partial charge < -0.3 is 5.32 Å². The molecule has 2 rings (SSSR count). The molecular formula is C14H11Br2NO. The maximum absolute atomic E-state index is 11.9. The number of ketones is 1. The van der Waals surface area contributed by atoms with E-state index < -0.39 is 0 Å². The lowest BCUT2D eigenvalue weighted by molar-refractivity contribution is 0.101. The highest BCUT2D eigenvalue weighted by atomic mass is 79.9. The molecule has 0 aromatic heterocycles. The molecular weight excluding hydrogens is 358 g/mol. The molecule has 0 aliphatic heterocycles. The van der Waals surface area contributed by atoms with Crippen LogP contribution in [0, 0.1) is 0 Å². The highest BCUT2D eigenvalue weighted by Gasteiger charge is 2.05. The van der Waals surface area contributed by atoms with Gasteiger partial charge in [0.25, 0.3) is 0 Å². The average molecular weight is 369 g/mol. The fourth-order valence-corrected chi connectivity index (χ4v) is 2.18. The van der Waals surface area contributed by atoms with Gasteiger partial charge in [-0.2, -0.15) is 0 Å². The van der Waals surface area contributed by atoms with E-state index in [0.717, 1.165) is 14.6 Å². The highest BCUT2D eigenvalue weighted by Crippen LogP contribution is 2.16. The van der Waals surface area contributed by atoms with Crippen LogP contribution in [0.25, 0.3) is 0 Å². The van der Waals surface area contributed by atoms with Gasteiger partial charge in [0.05, 0.1) is 6.54 Å². The number of anilines is 1. The third-order valence-electron chi connectivity index (χ3n) is 2.44. The quantitative estimate of drug-likeness (QED) is 0.804. The lowest BCUT2D eigenvalue weighted by atomic mass is 10.1. The van der Waals surface area contributed by atoms with Crippen LogP contribution in [0.3, 0.4) is 0 Å². The summed E-state index contributed by atoms with van der Waals surface area (Å²) in [5.74, 6) is 0.0717. The molecule has 0 bridgehead atoms. The molecule has 0 fully saturated rings. The van der Waals surface area contributed by atoms with E-state index in [2.05, 4.69) is 37.2 Å². The van der Waals surface area contributed by atoms with E-state index in [9.17, 15) is 4.79 Å². The molecule has 0 aliphatic carbocycles. The Hall–Kier alpha value is -1.13. The molecule has 2 aromatic rings. The zero-order valence-corrected chi connectivity index (χ0v) is 12.7. The summed E-state index contributed by atoms with van der Waals surface area (Å²) in [5, 5.41) is 3.11. The van der Waals surface area contributed by atoms with Crippen molar-refractivity contribution in [3.05, 3.63) is 63.0 Å². The van der Waals surface area contributed by atoms with Crippen LogP contribution in [0.15, 0.2) is 57.5 Å². The van der Waals surface area contributed by atoms with E-state index in [1.165, 1.54) is 0 Å². The van der Waals surface area contributed by atoms with Gasteiger partial charge in [-0.25, -0.2) is 0 Å². The number of benzene rings is 2. The zero-order valence-electron chi connectivity index (χ0n) is 9.49. The first-order valence-corrected chi connectivity index (χ1v) is 7.02. The van der Waals surface area contributed by atoms with Crippen molar-refractivity contribution >= 4 is 43.3 Å². The Morgan fingerprint density at radius 1 is 1.00 bits per heavy atom. The summed E-state index contributed by atoms with van der Waals surface area (Å²) in [6.07, 6.45) is 0. The summed E-state index contributed by atoms with van der Waals surface area (Å²) in [6, 6.07) is 15.1. The molecule has 2 nitrogen and oxygen atoms in total. The fourth-order valence-electron chi connectivity index (χ4n) is 1.52. The number of carbonyl (C=O) groups excluding carboxylic acids is 1. The Morgan fingerprint density at radius 3 is 2.39 bits per heavy atom. The molecule has 0 atom stereocenters. The molecule has 0 unspecified atom stereocenters. The number of Topliss-reactive ketones (excluding diaryl/α,β-unsaturated/α-hetero) is 1. The normalized spacial score (nSPS) is 10.1. The van der Waals surface area contributed by atoms with Crippen molar-refractivity contribution in [2.24, 2.45) is 0 Å². The summed E-state index contributed by atoms with van der Waals surface area (Å²) in [7, 11) is 0. The minimum Gasteiger partial charge on any atom is -0.378 e. The van der Waals surface area contributed by atoms with Gasteiger partial charge in [0, 0.05) is 20.2 Å². The van der Waals surface area contributed by atoms with Gasteiger partial charge in [0.15, 0.2) is 5.78 Å². The maximum Gasteiger partial charge on any atom is 0.181 e. The topological polar surface area (TPSA) is 29.1 Å². The van der Waals surface area contributed by atoms with Crippen LogP contribution in [0.5, 0.6) is 0 Å². The summed E-state index contributed by atoms with van der Waals surface area (Å²) < 4.78 is 1.96. The van der Waals surface area contributed by atoms with Crippen molar-refractivity contribution < 1.29 is 4.79 Å². The maximum atomic E-state index is 11.9. The number of nitrogens with one attached hydrogen (secondary N) is 1. The van der Waals surface area contributed by atoms with E-state index in [4.69, 9.17) is 0 Å². The van der Waals surface area contributed by atoms with Crippen molar-refractivity contribution in [1.82, 2.24) is 0 Å². The molecule has 0 aliphatic rings. The summed E-state index contributed by atoms with van der Waals surface area (Å²) in [5.41, 5.74) is 1.63. The third kappa shape index (κ3) is 3.68. The molecule has 18 heavy (non-hydrogen) atoms. The minimum absolute atomic E-state index is 0.0717. The van der Waals surface area contributed by atoms with Crippen LogP contribution in [0.2, 0.25) is 0 Å².